The van der Waals surface area contributed by atoms with Gasteiger partial charge in [0.05, 0.1) is 0 Å². The Bertz CT molecular complexity index is 1090. The fraction of sp³-hybridized carbons (Fsp3) is 0.321. The average molecular weight is 529 g/mol. The van der Waals surface area contributed by atoms with Crippen LogP contribution >= 0.6 is 35.0 Å². The smallest absolute Gasteiger partial charge is 0.251 e. The van der Waals surface area contributed by atoms with Gasteiger partial charge in [0.2, 0.25) is 0 Å². The first-order valence-electron chi connectivity index (χ1n) is 11.9. The molecule has 1 amide bonds. The molecule has 0 bridgehead atoms. The SMILES string of the molecule is O=C(NCCSCc1ccc(Cl)cc1Cl)c1ccc(CN2CCN(Cc3ccccc3)CC2)cc1. The minimum Gasteiger partial charge on any atom is -0.351 e. The van der Waals surface area contributed by atoms with Crippen LogP contribution in [0, 0.1) is 0 Å². The third-order valence-electron chi connectivity index (χ3n) is 6.14. The van der Waals surface area contributed by atoms with E-state index in [2.05, 4.69) is 57.6 Å². The van der Waals surface area contributed by atoms with E-state index in [1.807, 2.05) is 24.3 Å². The normalized spacial score (nSPS) is 14.7. The molecule has 0 aromatic heterocycles. The van der Waals surface area contributed by atoms with Gasteiger partial charge in [0, 0.05) is 72.9 Å². The van der Waals surface area contributed by atoms with E-state index >= 15 is 0 Å². The predicted octanol–water partition coefficient (Wildman–Crippen LogP) is 5.97. The molecule has 0 aliphatic carbocycles. The highest BCUT2D eigenvalue weighted by atomic mass is 35.5. The largest absolute Gasteiger partial charge is 0.351 e. The number of carbonyl (C=O) groups is 1. The third-order valence-corrected chi connectivity index (χ3v) is 7.74. The van der Waals surface area contributed by atoms with Gasteiger partial charge >= 0.3 is 0 Å². The van der Waals surface area contributed by atoms with E-state index in [0.717, 1.165) is 56.3 Å². The van der Waals surface area contributed by atoms with Crippen molar-refractivity contribution >= 4 is 40.9 Å². The van der Waals surface area contributed by atoms with Gasteiger partial charge in [0.25, 0.3) is 5.91 Å². The van der Waals surface area contributed by atoms with Crippen LogP contribution < -0.4 is 5.32 Å². The number of benzene rings is 3. The van der Waals surface area contributed by atoms with Crippen molar-refractivity contribution in [2.45, 2.75) is 18.8 Å². The summed E-state index contributed by atoms with van der Waals surface area (Å²) in [6.07, 6.45) is 0. The first-order chi connectivity index (χ1) is 17.1. The number of hydrogen-bond acceptors (Lipinski definition) is 4. The molecular formula is C28H31Cl2N3OS. The third kappa shape index (κ3) is 8.26. The van der Waals surface area contributed by atoms with Crippen LogP contribution in [0.5, 0.6) is 0 Å². The number of rotatable bonds is 10. The molecule has 4 rings (SSSR count). The Morgan fingerprint density at radius 2 is 1.46 bits per heavy atom. The molecule has 0 radical (unpaired) electrons. The van der Waals surface area contributed by atoms with E-state index in [1.165, 1.54) is 11.1 Å². The first-order valence-corrected chi connectivity index (χ1v) is 13.9. The lowest BCUT2D eigenvalue weighted by Gasteiger charge is -2.34. The second-order valence-corrected chi connectivity index (χ2v) is 10.7. The molecule has 3 aromatic rings. The van der Waals surface area contributed by atoms with Crippen molar-refractivity contribution in [3.8, 4) is 0 Å². The Hall–Kier alpha value is -2.02. The van der Waals surface area contributed by atoms with E-state index < -0.39 is 0 Å². The lowest BCUT2D eigenvalue weighted by atomic mass is 10.1. The van der Waals surface area contributed by atoms with Crippen molar-refractivity contribution in [1.82, 2.24) is 15.1 Å². The van der Waals surface area contributed by atoms with Gasteiger partial charge in [-0.2, -0.15) is 11.8 Å². The molecule has 1 heterocycles. The number of piperazine rings is 1. The summed E-state index contributed by atoms with van der Waals surface area (Å²) in [7, 11) is 0. The molecule has 1 fully saturated rings. The molecule has 0 atom stereocenters. The Balaban J connectivity index is 1.14. The van der Waals surface area contributed by atoms with Crippen molar-refractivity contribution < 1.29 is 4.79 Å². The summed E-state index contributed by atoms with van der Waals surface area (Å²) >= 11 is 13.9. The van der Waals surface area contributed by atoms with Gasteiger partial charge in [-0.3, -0.25) is 14.6 Å². The molecular weight excluding hydrogens is 497 g/mol. The number of nitrogens with zero attached hydrogens (tertiary/aromatic N) is 2. The molecule has 1 saturated heterocycles. The number of hydrogen-bond donors (Lipinski definition) is 1. The molecule has 1 N–H and O–H groups in total. The van der Waals surface area contributed by atoms with Crippen molar-refractivity contribution in [3.63, 3.8) is 0 Å². The Labute approximate surface area is 222 Å². The maximum absolute atomic E-state index is 12.5. The van der Waals surface area contributed by atoms with Gasteiger partial charge < -0.3 is 5.32 Å². The minimum absolute atomic E-state index is 0.0313. The average Bonchev–Trinajstić information content (AvgIpc) is 2.87. The van der Waals surface area contributed by atoms with Crippen LogP contribution in [0.4, 0.5) is 0 Å². The van der Waals surface area contributed by atoms with E-state index in [9.17, 15) is 4.79 Å². The predicted molar refractivity (Wildman–Crippen MR) is 148 cm³/mol. The maximum atomic E-state index is 12.5. The zero-order valence-corrected chi connectivity index (χ0v) is 22.1. The summed E-state index contributed by atoms with van der Waals surface area (Å²) in [5.74, 6) is 1.58. The van der Waals surface area contributed by atoms with Crippen molar-refractivity contribution in [2.24, 2.45) is 0 Å². The lowest BCUT2D eigenvalue weighted by molar-refractivity contribution is 0.0956. The summed E-state index contributed by atoms with van der Waals surface area (Å²) in [4.78, 5) is 17.5. The van der Waals surface area contributed by atoms with Crippen molar-refractivity contribution in [3.05, 3.63) is 105 Å². The van der Waals surface area contributed by atoms with Crippen LogP contribution in [0.2, 0.25) is 10.0 Å². The highest BCUT2D eigenvalue weighted by Crippen LogP contribution is 2.24. The summed E-state index contributed by atoms with van der Waals surface area (Å²) in [5, 5.41) is 4.33. The van der Waals surface area contributed by atoms with Crippen LogP contribution in [-0.2, 0) is 18.8 Å². The number of halogens is 2. The van der Waals surface area contributed by atoms with Gasteiger partial charge in [0.1, 0.15) is 0 Å². The van der Waals surface area contributed by atoms with E-state index in [4.69, 9.17) is 23.2 Å². The molecule has 7 heteroatoms. The number of thioether (sulfide) groups is 1. The molecule has 1 aliphatic heterocycles. The van der Waals surface area contributed by atoms with E-state index in [0.29, 0.717) is 22.2 Å². The molecule has 0 unspecified atom stereocenters. The van der Waals surface area contributed by atoms with Gasteiger partial charge in [-0.05, 0) is 41.0 Å². The Kier molecular flexibility index (Phi) is 9.93. The van der Waals surface area contributed by atoms with Gasteiger partial charge in [-0.15, -0.1) is 0 Å². The number of carbonyl (C=O) groups excluding carboxylic acids is 1. The fourth-order valence-electron chi connectivity index (χ4n) is 4.13. The molecule has 1 aliphatic rings. The minimum atomic E-state index is -0.0313. The topological polar surface area (TPSA) is 35.6 Å². The molecule has 3 aromatic carbocycles. The molecule has 35 heavy (non-hydrogen) atoms. The number of nitrogens with one attached hydrogen (secondary N) is 1. The van der Waals surface area contributed by atoms with Crippen LogP contribution in [0.25, 0.3) is 0 Å². The molecule has 184 valence electrons. The summed E-state index contributed by atoms with van der Waals surface area (Å²) in [6.45, 7) is 6.84. The summed E-state index contributed by atoms with van der Waals surface area (Å²) in [5.41, 5.74) is 4.38. The van der Waals surface area contributed by atoms with Crippen LogP contribution in [0.15, 0.2) is 72.8 Å². The quantitative estimate of drug-likeness (QED) is 0.329. The van der Waals surface area contributed by atoms with Crippen LogP contribution in [-0.4, -0.2) is 54.2 Å². The zero-order chi connectivity index (χ0) is 24.5. The first kappa shape index (κ1) is 26.1. The van der Waals surface area contributed by atoms with Crippen molar-refractivity contribution in [2.75, 3.05) is 38.5 Å². The van der Waals surface area contributed by atoms with Gasteiger partial charge in [-0.1, -0.05) is 71.7 Å². The Morgan fingerprint density at radius 1 is 0.829 bits per heavy atom. The van der Waals surface area contributed by atoms with E-state index in [1.54, 1.807) is 17.8 Å². The zero-order valence-electron chi connectivity index (χ0n) is 19.8. The van der Waals surface area contributed by atoms with E-state index in [-0.39, 0.29) is 5.91 Å². The second-order valence-electron chi connectivity index (χ2n) is 8.78. The standard InChI is InChI=1S/C28H31Cl2N3OS/c29-26-11-10-25(27(30)18-26)21-35-17-12-31-28(34)24-8-6-23(7-9-24)20-33-15-13-32(14-16-33)19-22-4-2-1-3-5-22/h1-11,18H,12-17,19-21H2,(H,31,34). The molecule has 4 nitrogen and oxygen atoms in total. The van der Waals surface area contributed by atoms with Crippen LogP contribution in [0.1, 0.15) is 27.0 Å². The second kappa shape index (κ2) is 13.3. The fourth-order valence-corrected chi connectivity index (χ4v) is 5.54. The van der Waals surface area contributed by atoms with Crippen LogP contribution in [0.3, 0.4) is 0 Å². The van der Waals surface area contributed by atoms with Gasteiger partial charge in [-0.25, -0.2) is 0 Å². The number of amides is 1. The Morgan fingerprint density at radius 3 is 2.09 bits per heavy atom. The summed E-state index contributed by atoms with van der Waals surface area (Å²) in [6, 6.07) is 24.2. The highest BCUT2D eigenvalue weighted by Gasteiger charge is 2.17. The summed E-state index contributed by atoms with van der Waals surface area (Å²) < 4.78 is 0. The maximum Gasteiger partial charge on any atom is 0.251 e. The molecule has 0 saturated carbocycles. The van der Waals surface area contributed by atoms with Gasteiger partial charge in [0.15, 0.2) is 0 Å². The lowest BCUT2D eigenvalue weighted by Crippen LogP contribution is -2.45. The monoisotopic (exact) mass is 527 g/mol. The van der Waals surface area contributed by atoms with Crippen molar-refractivity contribution in [1.29, 1.82) is 0 Å². The highest BCUT2D eigenvalue weighted by molar-refractivity contribution is 7.98. The molecule has 0 spiro atoms.